The van der Waals surface area contributed by atoms with E-state index in [1.54, 1.807) is 0 Å². The molecule has 1 unspecified atom stereocenters. The van der Waals surface area contributed by atoms with Crippen molar-refractivity contribution in [3.63, 3.8) is 0 Å². The van der Waals surface area contributed by atoms with Gasteiger partial charge in [0.2, 0.25) is 0 Å². The summed E-state index contributed by atoms with van der Waals surface area (Å²) >= 11 is 0. The van der Waals surface area contributed by atoms with Crippen LogP contribution in [0.4, 0.5) is 0 Å². The summed E-state index contributed by atoms with van der Waals surface area (Å²) in [7, 11) is 4.22. The molecule has 0 saturated carbocycles. The van der Waals surface area contributed by atoms with Crippen LogP contribution >= 0.6 is 0 Å². The highest BCUT2D eigenvalue weighted by Crippen LogP contribution is 2.36. The number of benzene rings is 1. The molecule has 1 aliphatic rings. The lowest BCUT2D eigenvalue weighted by Gasteiger charge is -2.28. The molecule has 4 heteroatoms. The van der Waals surface area contributed by atoms with Gasteiger partial charge in [0.15, 0.2) is 11.5 Å². The molecule has 1 N–H and O–H groups in total. The maximum atomic E-state index is 5.69. The number of ether oxygens (including phenoxy) is 2. The summed E-state index contributed by atoms with van der Waals surface area (Å²) in [4.78, 5) is 2.24. The Bertz CT molecular complexity index is 432. The van der Waals surface area contributed by atoms with Gasteiger partial charge in [-0.3, -0.25) is 0 Å². The zero-order valence-corrected chi connectivity index (χ0v) is 12.3. The van der Waals surface area contributed by atoms with Crippen molar-refractivity contribution >= 4 is 0 Å². The van der Waals surface area contributed by atoms with Gasteiger partial charge in [-0.15, -0.1) is 0 Å². The Hall–Kier alpha value is -1.26. The Kier molecular flexibility index (Phi) is 4.66. The lowest BCUT2D eigenvalue weighted by molar-refractivity contribution is 0.170. The molecule has 0 fully saturated rings. The molecular formula is C15H24N2O2. The first-order chi connectivity index (χ1) is 9.13. The number of rotatable bonds is 5. The summed E-state index contributed by atoms with van der Waals surface area (Å²) in [5.41, 5.74) is 2.55. The van der Waals surface area contributed by atoms with E-state index in [0.717, 1.165) is 24.6 Å². The van der Waals surface area contributed by atoms with Crippen molar-refractivity contribution in [3.8, 4) is 11.5 Å². The van der Waals surface area contributed by atoms with Gasteiger partial charge in [0.1, 0.15) is 13.2 Å². The van der Waals surface area contributed by atoms with Crippen LogP contribution in [-0.4, -0.2) is 45.3 Å². The fourth-order valence-electron chi connectivity index (χ4n) is 2.42. The molecule has 0 saturated heterocycles. The van der Waals surface area contributed by atoms with Crippen LogP contribution in [0.5, 0.6) is 11.5 Å². The maximum absolute atomic E-state index is 5.69. The Morgan fingerprint density at radius 1 is 1.21 bits per heavy atom. The van der Waals surface area contributed by atoms with Crippen molar-refractivity contribution < 1.29 is 9.47 Å². The number of hydrogen-bond acceptors (Lipinski definition) is 4. The maximum Gasteiger partial charge on any atom is 0.161 e. The zero-order valence-electron chi connectivity index (χ0n) is 12.3. The third kappa shape index (κ3) is 3.19. The third-order valence-electron chi connectivity index (χ3n) is 3.50. The Balaban J connectivity index is 2.30. The van der Waals surface area contributed by atoms with E-state index in [9.17, 15) is 0 Å². The Morgan fingerprint density at radius 3 is 2.42 bits per heavy atom. The van der Waals surface area contributed by atoms with Crippen molar-refractivity contribution in [3.05, 3.63) is 23.3 Å². The van der Waals surface area contributed by atoms with Crippen LogP contribution in [0.15, 0.2) is 12.1 Å². The molecule has 1 aromatic carbocycles. The average Bonchev–Trinajstić information content (AvgIpc) is 2.39. The first-order valence-electron chi connectivity index (χ1n) is 6.90. The minimum absolute atomic E-state index is 0.343. The molecule has 0 amide bonds. The van der Waals surface area contributed by atoms with E-state index in [2.05, 4.69) is 50.3 Å². The molecule has 0 aromatic heterocycles. The number of aryl methyl sites for hydroxylation is 1. The number of nitrogens with zero attached hydrogens (tertiary/aromatic N) is 1. The minimum atomic E-state index is 0.343. The third-order valence-corrected chi connectivity index (χ3v) is 3.50. The first kappa shape index (κ1) is 14.2. The normalized spacial score (nSPS) is 15.6. The average molecular weight is 264 g/mol. The fraction of sp³-hybridized carbons (Fsp3) is 0.600. The van der Waals surface area contributed by atoms with Crippen molar-refractivity contribution in [2.24, 2.45) is 0 Å². The highest BCUT2D eigenvalue weighted by Gasteiger charge is 2.20. The molecule has 4 nitrogen and oxygen atoms in total. The molecule has 0 spiro atoms. The Morgan fingerprint density at radius 2 is 1.84 bits per heavy atom. The van der Waals surface area contributed by atoms with Gasteiger partial charge in [0.05, 0.1) is 0 Å². The fourth-order valence-corrected chi connectivity index (χ4v) is 2.42. The summed E-state index contributed by atoms with van der Waals surface area (Å²) in [6.45, 7) is 7.45. The van der Waals surface area contributed by atoms with Crippen LogP contribution in [0.3, 0.4) is 0 Å². The summed E-state index contributed by atoms with van der Waals surface area (Å²) in [5.74, 6) is 1.74. The molecule has 19 heavy (non-hydrogen) atoms. The van der Waals surface area contributed by atoms with E-state index in [1.165, 1.54) is 11.1 Å². The van der Waals surface area contributed by atoms with Gasteiger partial charge in [-0.2, -0.15) is 0 Å². The van der Waals surface area contributed by atoms with Crippen LogP contribution in [0.25, 0.3) is 0 Å². The highest BCUT2D eigenvalue weighted by atomic mass is 16.6. The quantitative estimate of drug-likeness (QED) is 0.881. The molecular weight excluding hydrogens is 240 g/mol. The number of nitrogens with one attached hydrogen (secondary N) is 1. The summed E-state index contributed by atoms with van der Waals surface area (Å²) in [6.07, 6.45) is 0. The number of likely N-dealkylation sites (N-methyl/N-ethyl adjacent to an activating group) is 2. The van der Waals surface area contributed by atoms with E-state index >= 15 is 0 Å². The van der Waals surface area contributed by atoms with Gasteiger partial charge in [-0.1, -0.05) is 6.92 Å². The molecule has 106 valence electrons. The summed E-state index contributed by atoms with van der Waals surface area (Å²) in [5, 5.41) is 3.42. The molecule has 1 aromatic rings. The van der Waals surface area contributed by atoms with Gasteiger partial charge in [0, 0.05) is 12.6 Å². The second-order valence-corrected chi connectivity index (χ2v) is 5.14. The van der Waals surface area contributed by atoms with Gasteiger partial charge >= 0.3 is 0 Å². The highest BCUT2D eigenvalue weighted by molar-refractivity contribution is 5.48. The molecule has 0 radical (unpaired) electrons. The zero-order chi connectivity index (χ0) is 13.8. The van der Waals surface area contributed by atoms with Gasteiger partial charge in [-0.25, -0.2) is 0 Å². The van der Waals surface area contributed by atoms with Crippen molar-refractivity contribution in [2.75, 3.05) is 40.4 Å². The van der Waals surface area contributed by atoms with E-state index in [1.807, 2.05) is 0 Å². The molecule has 0 aliphatic carbocycles. The van der Waals surface area contributed by atoms with Crippen LogP contribution < -0.4 is 14.8 Å². The molecule has 1 aliphatic heterocycles. The topological polar surface area (TPSA) is 33.7 Å². The van der Waals surface area contributed by atoms with E-state index in [4.69, 9.17) is 9.47 Å². The monoisotopic (exact) mass is 264 g/mol. The molecule has 1 heterocycles. The van der Waals surface area contributed by atoms with Crippen LogP contribution in [0.1, 0.15) is 24.1 Å². The van der Waals surface area contributed by atoms with Crippen LogP contribution in [0, 0.1) is 6.92 Å². The smallest absolute Gasteiger partial charge is 0.161 e. The number of fused-ring (bicyclic) bond motifs is 1. The van der Waals surface area contributed by atoms with Gasteiger partial charge < -0.3 is 19.7 Å². The van der Waals surface area contributed by atoms with Gasteiger partial charge in [0.25, 0.3) is 0 Å². The lowest BCUT2D eigenvalue weighted by atomic mass is 9.99. The summed E-state index contributed by atoms with van der Waals surface area (Å²) < 4.78 is 11.3. The molecule has 1 atom stereocenters. The van der Waals surface area contributed by atoms with E-state index < -0.39 is 0 Å². The minimum Gasteiger partial charge on any atom is -0.486 e. The van der Waals surface area contributed by atoms with E-state index in [0.29, 0.717) is 19.3 Å². The molecule has 0 bridgehead atoms. The van der Waals surface area contributed by atoms with Crippen LogP contribution in [0.2, 0.25) is 0 Å². The number of hydrogen-bond donors (Lipinski definition) is 1. The summed E-state index contributed by atoms with van der Waals surface area (Å²) in [6, 6.07) is 4.56. The Labute approximate surface area is 115 Å². The largest absolute Gasteiger partial charge is 0.486 e. The second-order valence-electron chi connectivity index (χ2n) is 5.14. The van der Waals surface area contributed by atoms with Crippen LogP contribution in [-0.2, 0) is 0 Å². The SMILES string of the molecule is CCNCC(c1cc2c(cc1C)OCCO2)N(C)C. The van der Waals surface area contributed by atoms with E-state index in [-0.39, 0.29) is 0 Å². The first-order valence-corrected chi connectivity index (χ1v) is 6.90. The van der Waals surface area contributed by atoms with Crippen molar-refractivity contribution in [2.45, 2.75) is 19.9 Å². The second kappa shape index (κ2) is 6.26. The van der Waals surface area contributed by atoms with Crippen molar-refractivity contribution in [1.82, 2.24) is 10.2 Å². The lowest BCUT2D eigenvalue weighted by Crippen LogP contribution is -2.31. The standard InChI is InChI=1S/C15H24N2O2/c1-5-16-10-13(17(3)4)12-9-15-14(8-11(12)2)18-6-7-19-15/h8-9,13,16H,5-7,10H2,1-4H3. The molecule has 2 rings (SSSR count). The van der Waals surface area contributed by atoms with Crippen molar-refractivity contribution in [1.29, 1.82) is 0 Å². The van der Waals surface area contributed by atoms with Gasteiger partial charge in [-0.05, 0) is 50.8 Å². The predicted octanol–water partition coefficient (Wildman–Crippen LogP) is 1.98. The predicted molar refractivity (Wildman–Crippen MR) is 77.1 cm³/mol.